The fourth-order valence-corrected chi connectivity index (χ4v) is 3.76. The quantitative estimate of drug-likeness (QED) is 0.446. The lowest BCUT2D eigenvalue weighted by Crippen LogP contribution is -2.25. The van der Waals surface area contributed by atoms with Crippen molar-refractivity contribution < 1.29 is 9.21 Å². The Hall–Kier alpha value is -4.20. The molecule has 0 radical (unpaired) electrons. The first-order chi connectivity index (χ1) is 15.7. The second-order valence-corrected chi connectivity index (χ2v) is 7.48. The largest absolute Gasteiger partial charge is 0.463 e. The van der Waals surface area contributed by atoms with Crippen molar-refractivity contribution in [3.05, 3.63) is 88.8 Å². The van der Waals surface area contributed by atoms with Crippen LogP contribution in [0.4, 0.5) is 0 Å². The van der Waals surface area contributed by atoms with Crippen molar-refractivity contribution in [1.29, 1.82) is 0 Å². The summed E-state index contributed by atoms with van der Waals surface area (Å²) in [6.07, 6.45) is 5.79. The van der Waals surface area contributed by atoms with Crippen LogP contribution in [-0.2, 0) is 13.1 Å². The van der Waals surface area contributed by atoms with Gasteiger partial charge in [0, 0.05) is 25.5 Å². The molecule has 0 fully saturated rings. The number of aromatic nitrogens is 4. The van der Waals surface area contributed by atoms with E-state index in [4.69, 9.17) is 4.42 Å². The summed E-state index contributed by atoms with van der Waals surface area (Å²) < 4.78 is 8.66. The van der Waals surface area contributed by atoms with E-state index in [2.05, 4.69) is 15.3 Å². The number of aryl methyl sites for hydroxylation is 1. The first-order valence-corrected chi connectivity index (χ1v) is 10.4. The van der Waals surface area contributed by atoms with Gasteiger partial charge in [0.1, 0.15) is 22.7 Å². The van der Waals surface area contributed by atoms with Crippen LogP contribution < -0.4 is 10.9 Å². The molecule has 8 nitrogen and oxygen atoms in total. The van der Waals surface area contributed by atoms with Gasteiger partial charge in [0.2, 0.25) is 0 Å². The first-order valence-electron chi connectivity index (χ1n) is 10.4. The summed E-state index contributed by atoms with van der Waals surface area (Å²) in [6.45, 7) is 2.92. The monoisotopic (exact) mass is 427 g/mol. The van der Waals surface area contributed by atoms with E-state index in [0.29, 0.717) is 41.2 Å². The molecule has 0 unspecified atom stereocenters. The molecule has 5 aromatic rings. The Kier molecular flexibility index (Phi) is 5.03. The van der Waals surface area contributed by atoms with Gasteiger partial charge in [0.05, 0.1) is 11.6 Å². The van der Waals surface area contributed by atoms with Crippen molar-refractivity contribution in [2.24, 2.45) is 0 Å². The van der Waals surface area contributed by atoms with Crippen molar-refractivity contribution >= 4 is 22.6 Å². The van der Waals surface area contributed by atoms with E-state index in [9.17, 15) is 9.59 Å². The minimum Gasteiger partial charge on any atom is -0.463 e. The number of furan rings is 1. The number of amides is 1. The standard InChI is InChI=1S/C24H21N5O3/c1-2-10-28-19(13-17-22(28)27-21-7-3-4-11-29(21)24(17)31)23(30)26-15-16-8-9-18(25-14-16)20-6-5-12-32-20/h3-9,11-14H,2,10,15H2,1H3,(H,26,30). The van der Waals surface area contributed by atoms with E-state index in [1.165, 1.54) is 4.40 Å². The maximum Gasteiger partial charge on any atom is 0.268 e. The summed E-state index contributed by atoms with van der Waals surface area (Å²) in [7, 11) is 0. The Morgan fingerprint density at radius 3 is 2.81 bits per heavy atom. The summed E-state index contributed by atoms with van der Waals surface area (Å²) in [5.41, 5.74) is 2.89. The Bertz CT molecular complexity index is 1460. The van der Waals surface area contributed by atoms with Crippen molar-refractivity contribution in [2.75, 3.05) is 0 Å². The number of nitrogens with zero attached hydrogens (tertiary/aromatic N) is 4. The number of fused-ring (bicyclic) bond motifs is 2. The molecule has 0 aromatic carbocycles. The Morgan fingerprint density at radius 2 is 2.06 bits per heavy atom. The Labute approximate surface area is 183 Å². The molecule has 0 aliphatic carbocycles. The van der Waals surface area contributed by atoms with Gasteiger partial charge in [-0.15, -0.1) is 0 Å². The average Bonchev–Trinajstić information content (AvgIpc) is 3.48. The predicted molar refractivity (Wildman–Crippen MR) is 120 cm³/mol. The van der Waals surface area contributed by atoms with Gasteiger partial charge < -0.3 is 14.3 Å². The zero-order valence-electron chi connectivity index (χ0n) is 17.5. The third kappa shape index (κ3) is 3.45. The maximum atomic E-state index is 13.0. The topological polar surface area (TPSA) is 94.4 Å². The summed E-state index contributed by atoms with van der Waals surface area (Å²) >= 11 is 0. The molecule has 0 spiro atoms. The molecule has 8 heteroatoms. The van der Waals surface area contributed by atoms with Crippen molar-refractivity contribution in [1.82, 2.24) is 24.3 Å². The Balaban J connectivity index is 1.43. The summed E-state index contributed by atoms with van der Waals surface area (Å²) in [5.74, 6) is 0.427. The number of hydrogen-bond donors (Lipinski definition) is 1. The molecule has 0 bridgehead atoms. The lowest BCUT2D eigenvalue weighted by Gasteiger charge is -2.10. The van der Waals surface area contributed by atoms with Crippen LogP contribution in [0.25, 0.3) is 28.1 Å². The molecular weight excluding hydrogens is 406 g/mol. The summed E-state index contributed by atoms with van der Waals surface area (Å²) in [6, 6.07) is 14.4. The number of carbonyl (C=O) groups excluding carboxylic acids is 1. The second kappa shape index (κ2) is 8.14. The summed E-state index contributed by atoms with van der Waals surface area (Å²) in [5, 5.41) is 3.36. The molecule has 0 saturated heterocycles. The Morgan fingerprint density at radius 1 is 1.16 bits per heavy atom. The smallest absolute Gasteiger partial charge is 0.268 e. The SMILES string of the molecule is CCCn1c(C(=O)NCc2ccc(-c3ccco3)nc2)cc2c(=O)n3ccccc3nc21. The molecule has 32 heavy (non-hydrogen) atoms. The highest BCUT2D eigenvalue weighted by Gasteiger charge is 2.19. The molecule has 0 aliphatic rings. The highest BCUT2D eigenvalue weighted by molar-refractivity contribution is 5.98. The van der Waals surface area contributed by atoms with Crippen LogP contribution in [0.5, 0.6) is 0 Å². The molecular formula is C24H21N5O3. The van der Waals surface area contributed by atoms with Crippen LogP contribution in [0, 0.1) is 0 Å². The van der Waals surface area contributed by atoms with E-state index in [1.54, 1.807) is 36.9 Å². The van der Waals surface area contributed by atoms with Gasteiger partial charge in [-0.25, -0.2) is 4.98 Å². The van der Waals surface area contributed by atoms with Crippen LogP contribution in [0.3, 0.4) is 0 Å². The lowest BCUT2D eigenvalue weighted by atomic mass is 10.2. The second-order valence-electron chi connectivity index (χ2n) is 7.48. The third-order valence-corrected chi connectivity index (χ3v) is 5.31. The lowest BCUT2D eigenvalue weighted by molar-refractivity contribution is 0.0942. The van der Waals surface area contributed by atoms with Crippen LogP contribution >= 0.6 is 0 Å². The van der Waals surface area contributed by atoms with E-state index in [0.717, 1.165) is 17.7 Å². The number of carbonyl (C=O) groups is 1. The van der Waals surface area contributed by atoms with E-state index >= 15 is 0 Å². The molecule has 0 aliphatic heterocycles. The van der Waals surface area contributed by atoms with Gasteiger partial charge in [-0.05, 0) is 48.4 Å². The maximum absolute atomic E-state index is 13.0. The predicted octanol–water partition coefficient (Wildman–Crippen LogP) is 3.64. The van der Waals surface area contributed by atoms with Crippen LogP contribution in [0.15, 0.2) is 76.4 Å². The van der Waals surface area contributed by atoms with E-state index < -0.39 is 0 Å². The molecule has 160 valence electrons. The summed E-state index contributed by atoms with van der Waals surface area (Å²) in [4.78, 5) is 35.0. The highest BCUT2D eigenvalue weighted by atomic mass is 16.3. The molecule has 0 atom stereocenters. The van der Waals surface area contributed by atoms with Gasteiger partial charge in [-0.3, -0.25) is 19.0 Å². The van der Waals surface area contributed by atoms with Crippen LogP contribution in [0.2, 0.25) is 0 Å². The normalized spacial score (nSPS) is 11.3. The van der Waals surface area contributed by atoms with E-state index in [1.807, 2.05) is 41.8 Å². The van der Waals surface area contributed by atoms with E-state index in [-0.39, 0.29) is 11.5 Å². The number of rotatable bonds is 6. The zero-order chi connectivity index (χ0) is 22.1. The van der Waals surface area contributed by atoms with Gasteiger partial charge in [0.25, 0.3) is 11.5 Å². The fraction of sp³-hybridized carbons (Fsp3) is 0.167. The third-order valence-electron chi connectivity index (χ3n) is 5.31. The number of hydrogen-bond acceptors (Lipinski definition) is 5. The van der Waals surface area contributed by atoms with Crippen molar-refractivity contribution in [2.45, 2.75) is 26.4 Å². The molecule has 1 N–H and O–H groups in total. The fourth-order valence-electron chi connectivity index (χ4n) is 3.76. The number of pyridine rings is 2. The van der Waals surface area contributed by atoms with Gasteiger partial charge in [-0.1, -0.05) is 19.1 Å². The zero-order valence-corrected chi connectivity index (χ0v) is 17.5. The van der Waals surface area contributed by atoms with Crippen LogP contribution in [0.1, 0.15) is 29.4 Å². The molecule has 5 aromatic heterocycles. The molecule has 0 saturated carbocycles. The minimum absolute atomic E-state index is 0.188. The van der Waals surface area contributed by atoms with Gasteiger partial charge in [0.15, 0.2) is 5.76 Å². The average molecular weight is 427 g/mol. The van der Waals surface area contributed by atoms with Crippen molar-refractivity contribution in [3.63, 3.8) is 0 Å². The van der Waals surface area contributed by atoms with Gasteiger partial charge >= 0.3 is 0 Å². The number of nitrogens with one attached hydrogen (secondary N) is 1. The van der Waals surface area contributed by atoms with Crippen molar-refractivity contribution in [3.8, 4) is 11.5 Å². The first kappa shape index (κ1) is 19.7. The highest BCUT2D eigenvalue weighted by Crippen LogP contribution is 2.19. The molecule has 1 amide bonds. The van der Waals surface area contributed by atoms with Crippen LogP contribution in [-0.4, -0.2) is 24.8 Å². The molecule has 5 rings (SSSR count). The minimum atomic E-state index is -0.264. The molecule has 5 heterocycles. The van der Waals surface area contributed by atoms with Gasteiger partial charge in [-0.2, -0.15) is 0 Å².